The number of primary amides is 1. The second-order valence-corrected chi connectivity index (χ2v) is 3.92. The smallest absolute Gasteiger partial charge is 0.368 e. The van der Waals surface area contributed by atoms with Crippen molar-refractivity contribution in [2.75, 3.05) is 5.32 Å². The maximum atomic E-state index is 12.2. The predicted octanol–water partition coefficient (Wildman–Crippen LogP) is 1.17. The molecule has 1 aromatic rings. The molecule has 1 aromatic heterocycles. The first kappa shape index (κ1) is 13.2. The average molecular weight is 248 g/mol. The molecule has 0 aliphatic rings. The molecule has 1 heterocycles. The number of hydrogen-bond acceptors (Lipinski definition) is 4. The molecule has 1 amide bonds. The summed E-state index contributed by atoms with van der Waals surface area (Å²) in [6, 6.07) is 1.85. The summed E-state index contributed by atoms with van der Waals surface area (Å²) in [5.74, 6) is -0.610. The van der Waals surface area contributed by atoms with E-state index in [0.29, 0.717) is 0 Å². The minimum atomic E-state index is -4.54. The summed E-state index contributed by atoms with van der Waals surface area (Å²) in [5.41, 5.74) is 2.87. The van der Waals surface area contributed by atoms with E-state index in [4.69, 9.17) is 5.73 Å². The number of amides is 1. The van der Waals surface area contributed by atoms with Gasteiger partial charge in [0.05, 0.1) is 0 Å². The van der Waals surface area contributed by atoms with Crippen molar-refractivity contribution >= 4 is 11.7 Å². The van der Waals surface area contributed by atoms with Gasteiger partial charge < -0.3 is 11.1 Å². The van der Waals surface area contributed by atoms with Crippen LogP contribution in [0.15, 0.2) is 12.1 Å². The number of carbonyl (C=O) groups is 1. The molecular weight excluding hydrogens is 237 g/mol. The van der Waals surface area contributed by atoms with Gasteiger partial charge in [-0.1, -0.05) is 0 Å². The molecule has 0 unspecified atom stereocenters. The minimum Gasteiger partial charge on any atom is -0.368 e. The normalized spacial score (nSPS) is 12.3. The Morgan fingerprint density at radius 1 is 1.29 bits per heavy atom. The lowest BCUT2D eigenvalue weighted by molar-refractivity contribution is -0.141. The van der Waals surface area contributed by atoms with Crippen LogP contribution in [0, 0.1) is 0 Å². The van der Waals surface area contributed by atoms with E-state index in [1.807, 2.05) is 0 Å². The molecule has 5 nitrogen and oxygen atoms in total. The molecule has 0 aliphatic heterocycles. The fourth-order valence-corrected chi connectivity index (χ4v) is 0.932. The molecule has 0 radical (unpaired) electrons. The first-order valence-corrected chi connectivity index (χ1v) is 4.62. The molecule has 0 saturated heterocycles. The fraction of sp³-hybridized carbons (Fsp3) is 0.444. The number of nitrogens with one attached hydrogen (secondary N) is 1. The van der Waals surface area contributed by atoms with Crippen molar-refractivity contribution < 1.29 is 18.0 Å². The van der Waals surface area contributed by atoms with Gasteiger partial charge in [0.1, 0.15) is 11.4 Å². The third-order valence-electron chi connectivity index (χ3n) is 2.01. The zero-order valence-electron chi connectivity index (χ0n) is 9.17. The van der Waals surface area contributed by atoms with Gasteiger partial charge in [-0.25, -0.2) is 0 Å². The number of halogens is 3. The van der Waals surface area contributed by atoms with Gasteiger partial charge in [-0.3, -0.25) is 4.79 Å². The monoisotopic (exact) mass is 248 g/mol. The van der Waals surface area contributed by atoms with E-state index in [2.05, 4.69) is 15.5 Å². The number of carbonyl (C=O) groups excluding carboxylic acids is 1. The molecule has 94 valence electrons. The zero-order valence-corrected chi connectivity index (χ0v) is 9.17. The number of anilines is 1. The van der Waals surface area contributed by atoms with Gasteiger partial charge in [0.2, 0.25) is 5.91 Å². The van der Waals surface area contributed by atoms with Crippen molar-refractivity contribution in [3.63, 3.8) is 0 Å². The van der Waals surface area contributed by atoms with Crippen molar-refractivity contribution in [3.05, 3.63) is 17.8 Å². The van der Waals surface area contributed by atoms with Crippen LogP contribution in [0.4, 0.5) is 19.0 Å². The van der Waals surface area contributed by atoms with E-state index >= 15 is 0 Å². The molecule has 0 aromatic carbocycles. The van der Waals surface area contributed by atoms with Gasteiger partial charge in [0.25, 0.3) is 0 Å². The van der Waals surface area contributed by atoms with Crippen LogP contribution in [0.25, 0.3) is 0 Å². The summed E-state index contributed by atoms with van der Waals surface area (Å²) in [5, 5.41) is 8.91. The van der Waals surface area contributed by atoms with Crippen LogP contribution in [0.1, 0.15) is 19.5 Å². The Balaban J connectivity index is 2.86. The molecule has 3 N–H and O–H groups in total. The third kappa shape index (κ3) is 3.30. The summed E-state index contributed by atoms with van der Waals surface area (Å²) in [6.45, 7) is 2.96. The number of nitrogens with zero attached hydrogens (tertiary/aromatic N) is 2. The highest BCUT2D eigenvalue weighted by atomic mass is 19.4. The van der Waals surface area contributed by atoms with Gasteiger partial charge in [-0.2, -0.15) is 13.2 Å². The summed E-state index contributed by atoms with van der Waals surface area (Å²) in [4.78, 5) is 11.0. The number of alkyl halides is 3. The van der Waals surface area contributed by atoms with Gasteiger partial charge in [0.15, 0.2) is 5.69 Å². The molecule has 8 heteroatoms. The van der Waals surface area contributed by atoms with Crippen LogP contribution in [0.2, 0.25) is 0 Å². The Kier molecular flexibility index (Phi) is 3.25. The van der Waals surface area contributed by atoms with Crippen molar-refractivity contribution in [2.24, 2.45) is 5.73 Å². The average Bonchev–Trinajstić information content (AvgIpc) is 2.16. The van der Waals surface area contributed by atoms with Crippen LogP contribution in [-0.4, -0.2) is 21.6 Å². The summed E-state index contributed by atoms with van der Waals surface area (Å²) in [7, 11) is 0. The molecule has 17 heavy (non-hydrogen) atoms. The van der Waals surface area contributed by atoms with E-state index in [1.54, 1.807) is 0 Å². The molecule has 0 atom stereocenters. The molecule has 0 fully saturated rings. The topological polar surface area (TPSA) is 80.9 Å². The largest absolute Gasteiger partial charge is 0.435 e. The minimum absolute atomic E-state index is 0.0433. The first-order valence-electron chi connectivity index (χ1n) is 4.62. The number of aromatic nitrogens is 2. The molecular formula is C9H11F3N4O. The van der Waals surface area contributed by atoms with Crippen LogP contribution in [0.5, 0.6) is 0 Å². The standard InChI is InChI=1S/C9H11F3N4O/c1-8(2,7(13)17)14-6-4-3-5(15-16-6)9(10,11)12/h3-4H,1-2H3,(H2,13,17)(H,14,16). The maximum Gasteiger partial charge on any atom is 0.435 e. The zero-order chi connectivity index (χ0) is 13.3. The second kappa shape index (κ2) is 4.19. The van der Waals surface area contributed by atoms with Crippen molar-refractivity contribution in [3.8, 4) is 0 Å². The quantitative estimate of drug-likeness (QED) is 0.841. The summed E-state index contributed by atoms with van der Waals surface area (Å²) >= 11 is 0. The van der Waals surface area contributed by atoms with Crippen LogP contribution in [0.3, 0.4) is 0 Å². The third-order valence-corrected chi connectivity index (χ3v) is 2.01. The Bertz CT molecular complexity index is 413. The van der Waals surface area contributed by atoms with Gasteiger partial charge in [-0.15, -0.1) is 10.2 Å². The lowest BCUT2D eigenvalue weighted by Crippen LogP contribution is -2.45. The molecule has 0 spiro atoms. The Morgan fingerprint density at radius 2 is 1.88 bits per heavy atom. The molecule has 0 saturated carbocycles. The molecule has 1 rings (SSSR count). The van der Waals surface area contributed by atoms with Gasteiger partial charge >= 0.3 is 6.18 Å². The Morgan fingerprint density at radius 3 is 2.24 bits per heavy atom. The first-order chi connectivity index (χ1) is 7.63. The fourth-order valence-electron chi connectivity index (χ4n) is 0.932. The highest BCUT2D eigenvalue weighted by Crippen LogP contribution is 2.27. The van der Waals surface area contributed by atoms with Crippen molar-refractivity contribution in [1.82, 2.24) is 10.2 Å². The second-order valence-electron chi connectivity index (χ2n) is 3.92. The lowest BCUT2D eigenvalue weighted by Gasteiger charge is -2.22. The number of nitrogens with two attached hydrogens (primary N) is 1. The number of hydrogen-bond donors (Lipinski definition) is 2. The lowest BCUT2D eigenvalue weighted by atomic mass is 10.1. The van der Waals surface area contributed by atoms with Crippen LogP contribution < -0.4 is 11.1 Å². The number of rotatable bonds is 3. The molecule has 0 aliphatic carbocycles. The molecule has 0 bridgehead atoms. The Hall–Kier alpha value is -1.86. The predicted molar refractivity (Wildman–Crippen MR) is 53.9 cm³/mol. The van der Waals surface area contributed by atoms with Crippen LogP contribution >= 0.6 is 0 Å². The highest BCUT2D eigenvalue weighted by molar-refractivity contribution is 5.86. The van der Waals surface area contributed by atoms with E-state index < -0.39 is 23.3 Å². The van der Waals surface area contributed by atoms with E-state index in [0.717, 1.165) is 12.1 Å². The van der Waals surface area contributed by atoms with E-state index in [1.165, 1.54) is 13.8 Å². The van der Waals surface area contributed by atoms with E-state index in [-0.39, 0.29) is 5.82 Å². The van der Waals surface area contributed by atoms with Gasteiger partial charge in [-0.05, 0) is 26.0 Å². The summed E-state index contributed by atoms with van der Waals surface area (Å²) < 4.78 is 36.6. The van der Waals surface area contributed by atoms with E-state index in [9.17, 15) is 18.0 Å². The summed E-state index contributed by atoms with van der Waals surface area (Å²) in [6.07, 6.45) is -4.54. The van der Waals surface area contributed by atoms with Gasteiger partial charge in [0, 0.05) is 0 Å². The Labute approximate surface area is 95.2 Å². The SMILES string of the molecule is CC(C)(Nc1ccc(C(F)(F)F)nn1)C(N)=O. The highest BCUT2D eigenvalue weighted by Gasteiger charge is 2.33. The maximum absolute atomic E-state index is 12.2. The van der Waals surface area contributed by atoms with Crippen molar-refractivity contribution in [1.29, 1.82) is 0 Å². The van der Waals surface area contributed by atoms with Crippen molar-refractivity contribution in [2.45, 2.75) is 25.6 Å². The van der Waals surface area contributed by atoms with Crippen LogP contribution in [-0.2, 0) is 11.0 Å².